The van der Waals surface area contributed by atoms with Crippen molar-refractivity contribution in [1.29, 1.82) is 0 Å². The highest BCUT2D eigenvalue weighted by Crippen LogP contribution is 2.37. The van der Waals surface area contributed by atoms with Gasteiger partial charge in [0.15, 0.2) is 0 Å². The van der Waals surface area contributed by atoms with Crippen LogP contribution in [0.15, 0.2) is 24.3 Å². The van der Waals surface area contributed by atoms with E-state index >= 15 is 0 Å². The molecule has 0 aromatic heterocycles. The molecule has 0 radical (unpaired) electrons. The van der Waals surface area contributed by atoms with Gasteiger partial charge in [0, 0.05) is 6.54 Å². The lowest BCUT2D eigenvalue weighted by atomic mass is 9.87. The third kappa shape index (κ3) is 2.99. The zero-order valence-electron chi connectivity index (χ0n) is 11.9. The number of nitrogens with two attached hydrogens (primary N) is 1. The average Bonchev–Trinajstić information content (AvgIpc) is 2.59. The summed E-state index contributed by atoms with van der Waals surface area (Å²) >= 11 is 0. The maximum absolute atomic E-state index is 9.71. The van der Waals surface area contributed by atoms with Crippen molar-refractivity contribution < 1.29 is 9.84 Å². The minimum absolute atomic E-state index is 0.213. The van der Waals surface area contributed by atoms with Crippen molar-refractivity contribution in [2.45, 2.75) is 57.3 Å². The third-order valence-corrected chi connectivity index (χ3v) is 4.21. The van der Waals surface area contributed by atoms with Crippen LogP contribution in [0.1, 0.15) is 44.2 Å². The van der Waals surface area contributed by atoms with Crippen LogP contribution in [0.3, 0.4) is 0 Å². The number of aliphatic hydroxyl groups excluding tert-OH is 1. The molecule has 3 unspecified atom stereocenters. The molecule has 0 aliphatic heterocycles. The van der Waals surface area contributed by atoms with Crippen molar-refractivity contribution in [3.8, 4) is 0 Å². The summed E-state index contributed by atoms with van der Waals surface area (Å²) in [7, 11) is 0. The van der Waals surface area contributed by atoms with Crippen molar-refractivity contribution in [2.75, 3.05) is 6.54 Å². The summed E-state index contributed by atoms with van der Waals surface area (Å²) in [4.78, 5) is 0. The second-order valence-corrected chi connectivity index (χ2v) is 5.63. The minimum atomic E-state index is -0.487. The quantitative estimate of drug-likeness (QED) is 0.820. The molecule has 1 aromatic carbocycles. The van der Waals surface area contributed by atoms with E-state index in [0.29, 0.717) is 6.54 Å². The van der Waals surface area contributed by atoms with Gasteiger partial charge in [-0.2, -0.15) is 0 Å². The maximum Gasteiger partial charge on any atom is 0.106 e. The van der Waals surface area contributed by atoms with Gasteiger partial charge in [-0.1, -0.05) is 24.3 Å². The second kappa shape index (κ2) is 6.04. The Morgan fingerprint density at radius 2 is 2.05 bits per heavy atom. The monoisotopic (exact) mass is 263 g/mol. The Morgan fingerprint density at radius 1 is 1.32 bits per heavy atom. The number of hydrogen-bond donors (Lipinski definition) is 2. The van der Waals surface area contributed by atoms with Gasteiger partial charge in [-0.3, -0.25) is 0 Å². The maximum atomic E-state index is 9.71. The highest BCUT2D eigenvalue weighted by Gasteiger charge is 2.37. The van der Waals surface area contributed by atoms with Gasteiger partial charge < -0.3 is 15.6 Å². The Hall–Kier alpha value is -0.900. The lowest BCUT2D eigenvalue weighted by Gasteiger charge is -2.37. The molecule has 1 aromatic rings. The summed E-state index contributed by atoms with van der Waals surface area (Å²) in [5.74, 6) is 0. The van der Waals surface area contributed by atoms with E-state index in [4.69, 9.17) is 10.5 Å². The van der Waals surface area contributed by atoms with Gasteiger partial charge in [0.25, 0.3) is 0 Å². The SMILES string of the molecule is CC(O)C(C)OC1(CN)CCCCc2ccccc21. The Balaban J connectivity index is 2.37. The van der Waals surface area contributed by atoms with Gasteiger partial charge in [-0.25, -0.2) is 0 Å². The summed E-state index contributed by atoms with van der Waals surface area (Å²) in [6.45, 7) is 4.13. The summed E-state index contributed by atoms with van der Waals surface area (Å²) < 4.78 is 6.22. The number of rotatable bonds is 4. The van der Waals surface area contributed by atoms with Gasteiger partial charge in [0.05, 0.1) is 12.2 Å². The van der Waals surface area contributed by atoms with E-state index in [0.717, 1.165) is 19.3 Å². The van der Waals surface area contributed by atoms with Crippen LogP contribution in [0.2, 0.25) is 0 Å². The summed E-state index contributed by atoms with van der Waals surface area (Å²) in [6, 6.07) is 8.41. The van der Waals surface area contributed by atoms with Crippen LogP contribution in [-0.4, -0.2) is 23.9 Å². The zero-order valence-corrected chi connectivity index (χ0v) is 11.9. The topological polar surface area (TPSA) is 55.5 Å². The zero-order chi connectivity index (χ0) is 13.9. The molecule has 0 bridgehead atoms. The normalized spacial score (nSPS) is 26.3. The van der Waals surface area contributed by atoms with Crippen LogP contribution >= 0.6 is 0 Å². The van der Waals surface area contributed by atoms with Crippen LogP contribution in [0.4, 0.5) is 0 Å². The fraction of sp³-hybridized carbons (Fsp3) is 0.625. The van der Waals surface area contributed by atoms with Gasteiger partial charge >= 0.3 is 0 Å². The van der Waals surface area contributed by atoms with E-state index in [1.54, 1.807) is 6.92 Å². The molecule has 3 N–H and O–H groups in total. The van der Waals surface area contributed by atoms with E-state index in [1.807, 2.05) is 13.0 Å². The van der Waals surface area contributed by atoms with Gasteiger partial charge in [0.1, 0.15) is 5.60 Å². The number of ether oxygens (including phenoxy) is 1. The molecule has 1 aliphatic carbocycles. The molecule has 1 aliphatic rings. The van der Waals surface area contributed by atoms with Gasteiger partial charge in [0.2, 0.25) is 0 Å². The van der Waals surface area contributed by atoms with E-state index in [9.17, 15) is 5.11 Å². The molecular weight excluding hydrogens is 238 g/mol. The number of benzene rings is 1. The Bertz CT molecular complexity index is 419. The molecule has 106 valence electrons. The summed E-state index contributed by atoms with van der Waals surface area (Å²) in [5, 5.41) is 9.71. The molecule has 0 spiro atoms. The van der Waals surface area contributed by atoms with Crippen LogP contribution in [0.5, 0.6) is 0 Å². The van der Waals surface area contributed by atoms with E-state index in [-0.39, 0.29) is 6.10 Å². The molecule has 0 heterocycles. The van der Waals surface area contributed by atoms with E-state index < -0.39 is 11.7 Å². The van der Waals surface area contributed by atoms with Crippen LogP contribution in [-0.2, 0) is 16.8 Å². The molecule has 0 saturated carbocycles. The Kier molecular flexibility index (Phi) is 4.61. The first-order valence-corrected chi connectivity index (χ1v) is 7.23. The van der Waals surface area contributed by atoms with Crippen LogP contribution in [0.25, 0.3) is 0 Å². The van der Waals surface area contributed by atoms with Crippen molar-refractivity contribution in [2.24, 2.45) is 5.73 Å². The Morgan fingerprint density at radius 3 is 2.74 bits per heavy atom. The fourth-order valence-corrected chi connectivity index (χ4v) is 2.88. The molecule has 3 nitrogen and oxygen atoms in total. The summed E-state index contributed by atoms with van der Waals surface area (Å²) in [5.41, 5.74) is 8.17. The molecule has 3 atom stereocenters. The van der Waals surface area contributed by atoms with Gasteiger partial charge in [-0.15, -0.1) is 0 Å². The van der Waals surface area contributed by atoms with E-state index in [1.165, 1.54) is 17.5 Å². The van der Waals surface area contributed by atoms with Gasteiger partial charge in [-0.05, 0) is 50.7 Å². The smallest absolute Gasteiger partial charge is 0.106 e. The predicted octanol–water partition coefficient (Wildman–Crippen LogP) is 2.35. The van der Waals surface area contributed by atoms with Crippen LogP contribution in [0, 0.1) is 0 Å². The average molecular weight is 263 g/mol. The summed E-state index contributed by atoms with van der Waals surface area (Å²) in [6.07, 6.45) is 3.60. The predicted molar refractivity (Wildman–Crippen MR) is 77.0 cm³/mol. The lowest BCUT2D eigenvalue weighted by Crippen LogP contribution is -2.43. The lowest BCUT2D eigenvalue weighted by molar-refractivity contribution is -0.128. The molecule has 3 heteroatoms. The number of aliphatic hydroxyl groups is 1. The molecule has 19 heavy (non-hydrogen) atoms. The van der Waals surface area contributed by atoms with Crippen molar-refractivity contribution >= 4 is 0 Å². The van der Waals surface area contributed by atoms with Crippen molar-refractivity contribution in [1.82, 2.24) is 0 Å². The molecule has 0 saturated heterocycles. The Labute approximate surface area is 115 Å². The highest BCUT2D eigenvalue weighted by molar-refractivity contribution is 5.34. The fourth-order valence-electron chi connectivity index (χ4n) is 2.88. The second-order valence-electron chi connectivity index (χ2n) is 5.63. The van der Waals surface area contributed by atoms with Crippen molar-refractivity contribution in [3.63, 3.8) is 0 Å². The van der Waals surface area contributed by atoms with Crippen LogP contribution < -0.4 is 5.73 Å². The standard InChI is InChI=1S/C16H25NO2/c1-12(18)13(2)19-16(11-17)10-6-5-8-14-7-3-4-9-15(14)16/h3-4,7,9,12-13,18H,5-6,8,10-11,17H2,1-2H3. The molecule has 0 amide bonds. The van der Waals surface area contributed by atoms with E-state index in [2.05, 4.69) is 18.2 Å². The molecule has 0 fully saturated rings. The highest BCUT2D eigenvalue weighted by atomic mass is 16.5. The molecule has 2 rings (SSSR count). The first-order chi connectivity index (χ1) is 9.09. The minimum Gasteiger partial charge on any atom is -0.391 e. The first kappa shape index (κ1) is 14.5. The number of aryl methyl sites for hydroxylation is 1. The number of fused-ring (bicyclic) bond motifs is 1. The first-order valence-electron chi connectivity index (χ1n) is 7.23. The van der Waals surface area contributed by atoms with Crippen molar-refractivity contribution in [3.05, 3.63) is 35.4 Å². The third-order valence-electron chi connectivity index (χ3n) is 4.21. The molecular formula is C16H25NO2. The largest absolute Gasteiger partial charge is 0.391 e. The number of hydrogen-bond acceptors (Lipinski definition) is 3.